The summed E-state index contributed by atoms with van der Waals surface area (Å²) in [6.45, 7) is 7.45. The van der Waals surface area contributed by atoms with Crippen molar-refractivity contribution in [3.63, 3.8) is 0 Å². The van der Waals surface area contributed by atoms with Gasteiger partial charge in [0.15, 0.2) is 0 Å². The molecule has 1 atom stereocenters. The van der Waals surface area contributed by atoms with E-state index < -0.39 is 0 Å². The van der Waals surface area contributed by atoms with Gasteiger partial charge in [-0.05, 0) is 57.9 Å². The Hall–Kier alpha value is -0.770. The van der Waals surface area contributed by atoms with Crippen molar-refractivity contribution in [2.75, 3.05) is 25.0 Å². The first-order valence-electron chi connectivity index (χ1n) is 7.52. The first-order valence-corrected chi connectivity index (χ1v) is 7.90. The van der Waals surface area contributed by atoms with Crippen molar-refractivity contribution >= 4 is 17.3 Å². The van der Waals surface area contributed by atoms with Crippen LogP contribution in [0.3, 0.4) is 0 Å². The van der Waals surface area contributed by atoms with Crippen LogP contribution in [0.1, 0.15) is 33.1 Å². The monoisotopic (exact) mass is 295 g/mol. The van der Waals surface area contributed by atoms with Gasteiger partial charge < -0.3 is 16.0 Å². The average Bonchev–Trinajstić information content (AvgIpc) is 2.62. The number of likely N-dealkylation sites (tertiary alicyclic amines) is 1. The number of nitrogens with one attached hydrogen (secondary N) is 1. The molecular formula is C16H26ClN3. The standard InChI is InChI=1S/C16H26ClN3/c1-13(2)20-9-4-7-16(12-18,8-10-20)19-15-6-3-5-14(17)11-15/h3,5-6,11,13,19H,4,7-10,12,18H2,1-2H3. The van der Waals surface area contributed by atoms with Gasteiger partial charge in [0.1, 0.15) is 0 Å². The van der Waals surface area contributed by atoms with Crippen LogP contribution < -0.4 is 11.1 Å². The predicted octanol–water partition coefficient (Wildman–Crippen LogP) is 3.34. The summed E-state index contributed by atoms with van der Waals surface area (Å²) in [5.41, 5.74) is 7.17. The largest absolute Gasteiger partial charge is 0.378 e. The predicted molar refractivity (Wildman–Crippen MR) is 87.4 cm³/mol. The van der Waals surface area contributed by atoms with Gasteiger partial charge in [-0.15, -0.1) is 0 Å². The molecule has 0 amide bonds. The smallest absolute Gasteiger partial charge is 0.0508 e. The van der Waals surface area contributed by atoms with Crippen molar-refractivity contribution < 1.29 is 0 Å². The summed E-state index contributed by atoms with van der Waals surface area (Å²) in [4.78, 5) is 2.54. The number of rotatable bonds is 4. The third kappa shape index (κ3) is 3.87. The quantitative estimate of drug-likeness (QED) is 0.895. The van der Waals surface area contributed by atoms with E-state index in [1.165, 1.54) is 6.42 Å². The van der Waals surface area contributed by atoms with Gasteiger partial charge in [-0.1, -0.05) is 17.7 Å². The van der Waals surface area contributed by atoms with Gasteiger partial charge in [-0.2, -0.15) is 0 Å². The van der Waals surface area contributed by atoms with Crippen LogP contribution in [-0.4, -0.2) is 36.1 Å². The number of halogens is 1. The van der Waals surface area contributed by atoms with E-state index >= 15 is 0 Å². The van der Waals surface area contributed by atoms with E-state index in [-0.39, 0.29) is 5.54 Å². The lowest BCUT2D eigenvalue weighted by atomic mass is 9.90. The molecule has 3 N–H and O–H groups in total. The molecule has 20 heavy (non-hydrogen) atoms. The summed E-state index contributed by atoms with van der Waals surface area (Å²) < 4.78 is 0. The minimum absolute atomic E-state index is 0.00563. The molecule has 1 aromatic carbocycles. The molecule has 1 aliphatic rings. The highest BCUT2D eigenvalue weighted by atomic mass is 35.5. The molecule has 1 saturated heterocycles. The Balaban J connectivity index is 2.09. The van der Waals surface area contributed by atoms with Crippen molar-refractivity contribution in [1.82, 2.24) is 4.90 Å². The molecular weight excluding hydrogens is 270 g/mol. The van der Waals surface area contributed by atoms with E-state index in [0.29, 0.717) is 12.6 Å². The zero-order chi connectivity index (χ0) is 14.6. The SMILES string of the molecule is CC(C)N1CCCC(CN)(Nc2cccc(Cl)c2)CC1. The van der Waals surface area contributed by atoms with Crippen molar-refractivity contribution in [3.8, 4) is 0 Å². The highest BCUT2D eigenvalue weighted by molar-refractivity contribution is 6.30. The zero-order valence-corrected chi connectivity index (χ0v) is 13.3. The number of hydrogen-bond acceptors (Lipinski definition) is 3. The normalized spacial score (nSPS) is 24.6. The first kappa shape index (κ1) is 15.6. The Morgan fingerprint density at radius 3 is 2.80 bits per heavy atom. The lowest BCUT2D eigenvalue weighted by Crippen LogP contribution is -2.46. The van der Waals surface area contributed by atoms with E-state index in [4.69, 9.17) is 17.3 Å². The fourth-order valence-electron chi connectivity index (χ4n) is 2.98. The number of benzene rings is 1. The molecule has 0 saturated carbocycles. The number of nitrogens with zero attached hydrogens (tertiary/aromatic N) is 1. The Bertz CT molecular complexity index is 435. The van der Waals surface area contributed by atoms with Gasteiger partial charge in [-0.25, -0.2) is 0 Å². The van der Waals surface area contributed by atoms with Gasteiger partial charge >= 0.3 is 0 Å². The molecule has 1 fully saturated rings. The minimum Gasteiger partial charge on any atom is -0.378 e. The number of hydrogen-bond donors (Lipinski definition) is 2. The summed E-state index contributed by atoms with van der Waals surface area (Å²) in [5, 5.41) is 4.41. The maximum Gasteiger partial charge on any atom is 0.0508 e. The van der Waals surface area contributed by atoms with Gasteiger partial charge in [0.25, 0.3) is 0 Å². The fourth-order valence-corrected chi connectivity index (χ4v) is 3.17. The third-order valence-electron chi connectivity index (χ3n) is 4.33. The van der Waals surface area contributed by atoms with Crippen LogP contribution in [0, 0.1) is 0 Å². The maximum atomic E-state index is 6.10. The van der Waals surface area contributed by atoms with Crippen LogP contribution in [0.5, 0.6) is 0 Å². The second kappa shape index (κ2) is 6.79. The lowest BCUT2D eigenvalue weighted by Gasteiger charge is -2.34. The van der Waals surface area contributed by atoms with E-state index in [2.05, 4.69) is 30.1 Å². The Kier molecular flexibility index (Phi) is 5.30. The molecule has 0 aliphatic carbocycles. The van der Waals surface area contributed by atoms with Crippen LogP contribution in [0.25, 0.3) is 0 Å². The summed E-state index contributed by atoms with van der Waals surface area (Å²) in [7, 11) is 0. The molecule has 1 unspecified atom stereocenters. The van der Waals surface area contributed by atoms with Crippen LogP contribution >= 0.6 is 11.6 Å². The van der Waals surface area contributed by atoms with Crippen LogP contribution in [0.2, 0.25) is 5.02 Å². The lowest BCUT2D eigenvalue weighted by molar-refractivity contribution is 0.227. The highest BCUT2D eigenvalue weighted by Crippen LogP contribution is 2.28. The zero-order valence-electron chi connectivity index (χ0n) is 12.5. The summed E-state index contributed by atoms with van der Waals surface area (Å²) >= 11 is 6.07. The van der Waals surface area contributed by atoms with E-state index in [1.807, 2.05) is 18.2 Å². The maximum absolute atomic E-state index is 6.10. The molecule has 112 valence electrons. The van der Waals surface area contributed by atoms with Gasteiger partial charge in [0, 0.05) is 29.8 Å². The van der Waals surface area contributed by atoms with Gasteiger partial charge in [0.2, 0.25) is 0 Å². The highest BCUT2D eigenvalue weighted by Gasteiger charge is 2.31. The minimum atomic E-state index is -0.00563. The van der Waals surface area contributed by atoms with E-state index in [1.54, 1.807) is 0 Å². The summed E-state index contributed by atoms with van der Waals surface area (Å²) in [6.07, 6.45) is 3.37. The number of nitrogens with two attached hydrogens (primary N) is 1. The first-order chi connectivity index (χ1) is 9.54. The van der Waals surface area contributed by atoms with E-state index in [0.717, 1.165) is 36.6 Å². The molecule has 3 nitrogen and oxygen atoms in total. The molecule has 0 radical (unpaired) electrons. The molecule has 4 heteroatoms. The molecule has 0 aromatic heterocycles. The number of anilines is 1. The van der Waals surface area contributed by atoms with Crippen molar-refractivity contribution in [3.05, 3.63) is 29.3 Å². The van der Waals surface area contributed by atoms with Crippen LogP contribution in [-0.2, 0) is 0 Å². The molecule has 1 aliphatic heterocycles. The molecule has 0 bridgehead atoms. The molecule has 1 heterocycles. The molecule has 1 aromatic rings. The van der Waals surface area contributed by atoms with Gasteiger partial charge in [-0.3, -0.25) is 0 Å². The Morgan fingerprint density at radius 1 is 1.35 bits per heavy atom. The van der Waals surface area contributed by atoms with Crippen LogP contribution in [0.4, 0.5) is 5.69 Å². The second-order valence-corrected chi connectivity index (χ2v) is 6.54. The average molecular weight is 296 g/mol. The van der Waals surface area contributed by atoms with Crippen molar-refractivity contribution in [2.24, 2.45) is 5.73 Å². The van der Waals surface area contributed by atoms with E-state index in [9.17, 15) is 0 Å². The Morgan fingerprint density at radius 2 is 2.15 bits per heavy atom. The molecule has 0 spiro atoms. The third-order valence-corrected chi connectivity index (χ3v) is 4.57. The summed E-state index contributed by atoms with van der Waals surface area (Å²) in [5.74, 6) is 0. The van der Waals surface area contributed by atoms with Crippen molar-refractivity contribution in [2.45, 2.75) is 44.7 Å². The molecule has 2 rings (SSSR count). The fraction of sp³-hybridized carbons (Fsp3) is 0.625. The topological polar surface area (TPSA) is 41.3 Å². The van der Waals surface area contributed by atoms with Crippen LogP contribution in [0.15, 0.2) is 24.3 Å². The van der Waals surface area contributed by atoms with Crippen molar-refractivity contribution in [1.29, 1.82) is 0 Å². The van der Waals surface area contributed by atoms with Gasteiger partial charge in [0.05, 0.1) is 5.54 Å². The second-order valence-electron chi connectivity index (χ2n) is 6.10. The Labute approximate surface area is 127 Å². The summed E-state index contributed by atoms with van der Waals surface area (Å²) in [6, 6.07) is 8.52.